The Morgan fingerprint density at radius 1 is 1.29 bits per heavy atom. The quantitative estimate of drug-likeness (QED) is 0.795. The summed E-state index contributed by atoms with van der Waals surface area (Å²) < 4.78 is 28.8. The first-order valence-electron chi connectivity index (χ1n) is 7.05. The molecule has 0 aromatic heterocycles. The topological polar surface area (TPSA) is 49.4 Å². The number of nitrogens with zero attached hydrogens (tertiary/aromatic N) is 1. The summed E-state index contributed by atoms with van der Waals surface area (Å²) in [6.07, 6.45) is 0.812. The highest BCUT2D eigenvalue weighted by Crippen LogP contribution is 2.20. The third kappa shape index (κ3) is 6.06. The molecule has 0 radical (unpaired) electrons. The van der Waals surface area contributed by atoms with E-state index < -0.39 is 10.0 Å². The van der Waals surface area contributed by atoms with Crippen molar-refractivity contribution in [2.24, 2.45) is 5.92 Å². The number of nitrogens with one attached hydrogen (secondary N) is 1. The molecule has 120 valence electrons. The lowest BCUT2D eigenvalue weighted by atomic mass is 10.0. The zero-order valence-corrected chi connectivity index (χ0v) is 15.8. The number of rotatable bonds is 7. The van der Waals surface area contributed by atoms with E-state index in [9.17, 15) is 8.42 Å². The van der Waals surface area contributed by atoms with Crippen molar-refractivity contribution in [1.82, 2.24) is 9.62 Å². The van der Waals surface area contributed by atoms with Crippen LogP contribution in [0.25, 0.3) is 0 Å². The zero-order valence-electron chi connectivity index (χ0n) is 13.4. The highest BCUT2D eigenvalue weighted by molar-refractivity contribution is 9.10. The van der Waals surface area contributed by atoms with Gasteiger partial charge in [-0.15, -0.1) is 0 Å². The van der Waals surface area contributed by atoms with Gasteiger partial charge in [-0.05, 0) is 57.1 Å². The van der Waals surface area contributed by atoms with Crippen molar-refractivity contribution in [3.63, 3.8) is 0 Å². The van der Waals surface area contributed by atoms with Crippen LogP contribution in [0.3, 0.4) is 0 Å². The Morgan fingerprint density at radius 3 is 2.38 bits per heavy atom. The molecule has 0 aliphatic carbocycles. The van der Waals surface area contributed by atoms with Gasteiger partial charge in [-0.2, -0.15) is 0 Å². The molecule has 1 aromatic carbocycles. The van der Waals surface area contributed by atoms with E-state index in [-0.39, 0.29) is 6.04 Å². The summed E-state index contributed by atoms with van der Waals surface area (Å²) in [7, 11) is 0.412. The van der Waals surface area contributed by atoms with Crippen molar-refractivity contribution in [2.75, 3.05) is 20.6 Å². The number of halogens is 1. The fourth-order valence-corrected chi connectivity index (χ4v) is 3.81. The van der Waals surface area contributed by atoms with Crippen LogP contribution in [0.4, 0.5) is 0 Å². The lowest BCUT2D eigenvalue weighted by molar-refractivity contribution is 0.329. The number of likely N-dealkylation sites (N-methyl/N-ethyl adjacent to an activating group) is 1. The van der Waals surface area contributed by atoms with Gasteiger partial charge in [0.2, 0.25) is 10.0 Å². The van der Waals surface area contributed by atoms with Crippen LogP contribution in [0.2, 0.25) is 0 Å². The van der Waals surface area contributed by atoms with Crippen molar-refractivity contribution in [3.8, 4) is 0 Å². The van der Waals surface area contributed by atoms with Gasteiger partial charge >= 0.3 is 0 Å². The molecule has 1 unspecified atom stereocenters. The predicted octanol–water partition coefficient (Wildman–Crippen LogP) is 3.01. The molecule has 1 aromatic rings. The summed E-state index contributed by atoms with van der Waals surface area (Å²) >= 11 is 3.39. The predicted molar refractivity (Wildman–Crippen MR) is 91.0 cm³/mol. The average Bonchev–Trinajstić information content (AvgIpc) is 2.29. The third-order valence-electron chi connectivity index (χ3n) is 3.10. The number of hydrogen-bond donors (Lipinski definition) is 1. The fraction of sp³-hybridized carbons (Fsp3) is 0.600. The molecule has 0 saturated carbocycles. The van der Waals surface area contributed by atoms with E-state index >= 15 is 0 Å². The summed E-state index contributed by atoms with van der Waals surface area (Å²) in [6.45, 7) is 6.77. The van der Waals surface area contributed by atoms with Crippen LogP contribution in [0.15, 0.2) is 27.6 Å². The van der Waals surface area contributed by atoms with Crippen LogP contribution in [-0.4, -0.2) is 40.0 Å². The highest BCUT2D eigenvalue weighted by Gasteiger charge is 2.21. The summed E-state index contributed by atoms with van der Waals surface area (Å²) in [6, 6.07) is 5.00. The monoisotopic (exact) mass is 376 g/mol. The first-order valence-corrected chi connectivity index (χ1v) is 9.32. The second kappa shape index (κ2) is 7.72. The lowest BCUT2D eigenvalue weighted by Gasteiger charge is -2.24. The Labute approximate surface area is 137 Å². The van der Waals surface area contributed by atoms with Crippen LogP contribution in [0.5, 0.6) is 0 Å². The van der Waals surface area contributed by atoms with Gasteiger partial charge in [0.15, 0.2) is 0 Å². The Morgan fingerprint density at radius 2 is 1.90 bits per heavy atom. The molecule has 6 heteroatoms. The SMILES string of the molecule is Cc1cc(S(=O)(=O)NC(CC(C)C)CN(C)C)ccc1Br. The van der Waals surface area contributed by atoms with Crippen molar-refractivity contribution in [3.05, 3.63) is 28.2 Å². The number of hydrogen-bond acceptors (Lipinski definition) is 3. The zero-order chi connectivity index (χ0) is 16.2. The van der Waals surface area contributed by atoms with E-state index in [2.05, 4.69) is 34.5 Å². The van der Waals surface area contributed by atoms with Crippen molar-refractivity contribution < 1.29 is 8.42 Å². The van der Waals surface area contributed by atoms with Crippen molar-refractivity contribution in [2.45, 2.75) is 38.1 Å². The van der Waals surface area contributed by atoms with Crippen LogP contribution in [-0.2, 0) is 10.0 Å². The van der Waals surface area contributed by atoms with Gasteiger partial charge in [0, 0.05) is 17.1 Å². The Balaban J connectivity index is 2.96. The Kier molecular flexibility index (Phi) is 6.84. The average molecular weight is 377 g/mol. The van der Waals surface area contributed by atoms with Gasteiger partial charge in [0.05, 0.1) is 4.90 Å². The lowest BCUT2D eigenvalue weighted by Crippen LogP contribution is -2.42. The van der Waals surface area contributed by atoms with Gasteiger partial charge in [-0.25, -0.2) is 13.1 Å². The van der Waals surface area contributed by atoms with Crippen molar-refractivity contribution >= 4 is 26.0 Å². The first kappa shape index (κ1) is 18.6. The minimum atomic E-state index is -3.49. The summed E-state index contributed by atoms with van der Waals surface area (Å²) in [5, 5.41) is 0. The first-order chi connectivity index (χ1) is 9.61. The molecule has 1 rings (SSSR count). The maximum absolute atomic E-state index is 12.5. The molecule has 1 atom stereocenters. The third-order valence-corrected chi connectivity index (χ3v) is 5.51. The van der Waals surface area contributed by atoms with E-state index in [0.29, 0.717) is 17.4 Å². The van der Waals surface area contributed by atoms with Gasteiger partial charge in [-0.1, -0.05) is 29.8 Å². The summed E-state index contributed by atoms with van der Waals surface area (Å²) in [5.74, 6) is 0.435. The summed E-state index contributed by atoms with van der Waals surface area (Å²) in [5.41, 5.74) is 0.908. The van der Waals surface area contributed by atoms with E-state index in [1.54, 1.807) is 18.2 Å². The van der Waals surface area contributed by atoms with Gasteiger partial charge in [-0.3, -0.25) is 0 Å². The second-order valence-electron chi connectivity index (χ2n) is 6.12. The minimum Gasteiger partial charge on any atom is -0.308 e. The molecular weight excluding hydrogens is 352 g/mol. The molecule has 0 spiro atoms. The van der Waals surface area contributed by atoms with E-state index in [1.807, 2.05) is 25.9 Å². The Hall–Kier alpha value is -0.430. The summed E-state index contributed by atoms with van der Waals surface area (Å²) in [4.78, 5) is 2.32. The number of aryl methyl sites for hydroxylation is 1. The normalized spacial score (nSPS) is 13.9. The van der Waals surface area contributed by atoms with E-state index in [4.69, 9.17) is 0 Å². The molecule has 1 N–H and O–H groups in total. The molecule has 0 saturated heterocycles. The van der Waals surface area contributed by atoms with E-state index in [0.717, 1.165) is 16.5 Å². The van der Waals surface area contributed by atoms with Crippen LogP contribution >= 0.6 is 15.9 Å². The molecule has 0 fully saturated rings. The number of sulfonamides is 1. The van der Waals surface area contributed by atoms with Gasteiger partial charge in [0.1, 0.15) is 0 Å². The molecule has 0 heterocycles. The number of benzene rings is 1. The maximum atomic E-state index is 12.5. The fourth-order valence-electron chi connectivity index (χ4n) is 2.24. The maximum Gasteiger partial charge on any atom is 0.240 e. The molecule has 0 aliphatic rings. The molecular formula is C15H25BrN2O2S. The van der Waals surface area contributed by atoms with Gasteiger partial charge in [0.25, 0.3) is 0 Å². The van der Waals surface area contributed by atoms with Crippen LogP contribution in [0.1, 0.15) is 25.8 Å². The smallest absolute Gasteiger partial charge is 0.240 e. The highest BCUT2D eigenvalue weighted by atomic mass is 79.9. The standard InChI is InChI=1S/C15H25BrN2O2S/c1-11(2)8-13(10-18(4)5)17-21(19,20)14-6-7-15(16)12(3)9-14/h6-7,9,11,13,17H,8,10H2,1-5H3. The van der Waals surface area contributed by atoms with Gasteiger partial charge < -0.3 is 4.90 Å². The largest absolute Gasteiger partial charge is 0.308 e. The second-order valence-corrected chi connectivity index (χ2v) is 8.69. The molecule has 0 amide bonds. The molecule has 0 aliphatic heterocycles. The molecule has 21 heavy (non-hydrogen) atoms. The van der Waals surface area contributed by atoms with Crippen LogP contribution in [0, 0.1) is 12.8 Å². The van der Waals surface area contributed by atoms with Crippen molar-refractivity contribution in [1.29, 1.82) is 0 Å². The van der Waals surface area contributed by atoms with E-state index in [1.165, 1.54) is 0 Å². The minimum absolute atomic E-state index is 0.0889. The Bertz CT molecular complexity index is 561. The van der Waals surface area contributed by atoms with Crippen LogP contribution < -0.4 is 4.72 Å². The molecule has 0 bridgehead atoms. The molecule has 4 nitrogen and oxygen atoms in total.